The van der Waals surface area contributed by atoms with Gasteiger partial charge in [-0.1, -0.05) is 12.1 Å². The number of hydrogen-bond donors (Lipinski definition) is 0. The van der Waals surface area contributed by atoms with Crippen LogP contribution in [0.15, 0.2) is 29.2 Å². The zero-order chi connectivity index (χ0) is 15.7. The standard InChI is InChI=1S/C16H22N2O3S/c1-13(19)15-4-6-16(7-5-15)22(20,21)18-10-8-17(9-11-18)12-14-2-3-14/h4-7,14H,2-3,8-12H2,1H3. The van der Waals surface area contributed by atoms with E-state index in [2.05, 4.69) is 4.90 Å². The SMILES string of the molecule is CC(=O)c1ccc(S(=O)(=O)N2CCN(CC3CC3)CC2)cc1. The molecule has 2 fully saturated rings. The normalized spacial score (nSPS) is 21.0. The molecule has 1 aromatic carbocycles. The van der Waals surface area contributed by atoms with Gasteiger partial charge in [0.15, 0.2) is 5.78 Å². The highest BCUT2D eigenvalue weighted by Crippen LogP contribution is 2.30. The molecule has 1 aromatic rings. The molecule has 6 heteroatoms. The van der Waals surface area contributed by atoms with Crippen LogP contribution in [-0.2, 0) is 10.0 Å². The number of ketones is 1. The average molecular weight is 322 g/mol. The van der Waals surface area contributed by atoms with Crippen LogP contribution < -0.4 is 0 Å². The zero-order valence-electron chi connectivity index (χ0n) is 12.9. The van der Waals surface area contributed by atoms with Crippen molar-refractivity contribution in [3.8, 4) is 0 Å². The first-order valence-corrected chi connectivity index (χ1v) is 9.24. The van der Waals surface area contributed by atoms with E-state index in [1.807, 2.05) is 0 Å². The molecule has 1 saturated heterocycles. The molecule has 22 heavy (non-hydrogen) atoms. The van der Waals surface area contributed by atoms with Crippen molar-refractivity contribution < 1.29 is 13.2 Å². The highest BCUT2D eigenvalue weighted by atomic mass is 32.2. The van der Waals surface area contributed by atoms with Crippen LogP contribution in [0.25, 0.3) is 0 Å². The molecule has 0 bridgehead atoms. The van der Waals surface area contributed by atoms with Gasteiger partial charge >= 0.3 is 0 Å². The lowest BCUT2D eigenvalue weighted by atomic mass is 10.2. The van der Waals surface area contributed by atoms with E-state index in [-0.39, 0.29) is 10.7 Å². The Kier molecular flexibility index (Phi) is 4.34. The second kappa shape index (κ2) is 6.10. The summed E-state index contributed by atoms with van der Waals surface area (Å²) in [7, 11) is -3.45. The second-order valence-corrected chi connectivity index (χ2v) is 8.17. The van der Waals surface area contributed by atoms with Crippen molar-refractivity contribution in [1.82, 2.24) is 9.21 Å². The molecule has 0 radical (unpaired) electrons. The number of piperazine rings is 1. The van der Waals surface area contributed by atoms with Crippen molar-refractivity contribution in [2.75, 3.05) is 32.7 Å². The first-order chi connectivity index (χ1) is 10.5. The molecule has 3 rings (SSSR count). The van der Waals surface area contributed by atoms with Gasteiger partial charge in [0.1, 0.15) is 0 Å². The van der Waals surface area contributed by atoms with E-state index in [4.69, 9.17) is 0 Å². The number of nitrogens with zero attached hydrogens (tertiary/aromatic N) is 2. The van der Waals surface area contributed by atoms with Crippen LogP contribution >= 0.6 is 0 Å². The molecule has 0 atom stereocenters. The molecule has 0 N–H and O–H groups in total. The molecular weight excluding hydrogens is 300 g/mol. The van der Waals surface area contributed by atoms with Crippen molar-refractivity contribution >= 4 is 15.8 Å². The molecule has 1 heterocycles. The third-order valence-electron chi connectivity index (χ3n) is 4.44. The maximum absolute atomic E-state index is 12.6. The van der Waals surface area contributed by atoms with Gasteiger partial charge in [-0.3, -0.25) is 4.79 Å². The third-order valence-corrected chi connectivity index (χ3v) is 6.36. The van der Waals surface area contributed by atoms with E-state index in [1.54, 1.807) is 16.4 Å². The smallest absolute Gasteiger partial charge is 0.243 e. The van der Waals surface area contributed by atoms with Crippen LogP contribution in [0.2, 0.25) is 0 Å². The Morgan fingerprint density at radius 3 is 2.18 bits per heavy atom. The molecule has 1 saturated carbocycles. The Balaban J connectivity index is 1.66. The molecule has 1 aliphatic heterocycles. The average Bonchev–Trinajstić information content (AvgIpc) is 3.32. The lowest BCUT2D eigenvalue weighted by Gasteiger charge is -2.34. The predicted octanol–water partition coefficient (Wildman–Crippen LogP) is 1.61. The van der Waals surface area contributed by atoms with Gasteiger partial charge in [0, 0.05) is 38.3 Å². The van der Waals surface area contributed by atoms with Crippen LogP contribution in [0.5, 0.6) is 0 Å². The largest absolute Gasteiger partial charge is 0.300 e. The zero-order valence-corrected chi connectivity index (χ0v) is 13.7. The summed E-state index contributed by atoms with van der Waals surface area (Å²) in [6.45, 7) is 5.29. The maximum Gasteiger partial charge on any atom is 0.243 e. The van der Waals surface area contributed by atoms with E-state index in [1.165, 1.54) is 31.9 Å². The van der Waals surface area contributed by atoms with E-state index in [0.29, 0.717) is 18.7 Å². The van der Waals surface area contributed by atoms with E-state index < -0.39 is 10.0 Å². The second-order valence-electron chi connectivity index (χ2n) is 6.23. The van der Waals surface area contributed by atoms with Crippen molar-refractivity contribution in [2.45, 2.75) is 24.7 Å². The van der Waals surface area contributed by atoms with E-state index >= 15 is 0 Å². The Labute approximate surface area is 132 Å². The van der Waals surface area contributed by atoms with Crippen molar-refractivity contribution in [3.63, 3.8) is 0 Å². The third kappa shape index (κ3) is 3.39. The van der Waals surface area contributed by atoms with Crippen molar-refractivity contribution in [3.05, 3.63) is 29.8 Å². The van der Waals surface area contributed by atoms with Gasteiger partial charge in [0.25, 0.3) is 0 Å². The first-order valence-electron chi connectivity index (χ1n) is 7.80. The predicted molar refractivity (Wildman–Crippen MR) is 84.4 cm³/mol. The minimum Gasteiger partial charge on any atom is -0.300 e. The summed E-state index contributed by atoms with van der Waals surface area (Å²) in [4.78, 5) is 13.9. The fourth-order valence-electron chi connectivity index (χ4n) is 2.83. The molecule has 2 aliphatic rings. The Morgan fingerprint density at radius 2 is 1.68 bits per heavy atom. The number of carbonyl (C=O) groups is 1. The van der Waals surface area contributed by atoms with Crippen LogP contribution in [0, 0.1) is 5.92 Å². The fraction of sp³-hybridized carbons (Fsp3) is 0.562. The summed E-state index contributed by atoms with van der Waals surface area (Å²) >= 11 is 0. The Morgan fingerprint density at radius 1 is 1.09 bits per heavy atom. The summed E-state index contributed by atoms with van der Waals surface area (Å²) in [6.07, 6.45) is 2.64. The number of Topliss-reactive ketones (excluding diaryl/α,β-unsaturated/α-hetero) is 1. The van der Waals surface area contributed by atoms with E-state index in [0.717, 1.165) is 25.6 Å². The molecule has 0 amide bonds. The lowest BCUT2D eigenvalue weighted by molar-refractivity contribution is 0.101. The highest BCUT2D eigenvalue weighted by molar-refractivity contribution is 7.89. The van der Waals surface area contributed by atoms with Gasteiger partial charge in [0.05, 0.1) is 4.90 Å². The number of hydrogen-bond acceptors (Lipinski definition) is 4. The van der Waals surface area contributed by atoms with Crippen molar-refractivity contribution in [1.29, 1.82) is 0 Å². The summed E-state index contributed by atoms with van der Waals surface area (Å²) in [6, 6.07) is 6.22. The summed E-state index contributed by atoms with van der Waals surface area (Å²) in [5.74, 6) is 0.778. The van der Waals surface area contributed by atoms with Gasteiger partial charge in [-0.05, 0) is 37.8 Å². The molecular formula is C16H22N2O3S. The molecule has 120 valence electrons. The molecule has 0 spiro atoms. The van der Waals surface area contributed by atoms with Crippen LogP contribution in [0.3, 0.4) is 0 Å². The number of rotatable bonds is 5. The Bertz CT molecular complexity index is 642. The number of sulfonamides is 1. The fourth-order valence-corrected chi connectivity index (χ4v) is 4.25. The Hall–Kier alpha value is -1.24. The van der Waals surface area contributed by atoms with Gasteiger partial charge in [-0.15, -0.1) is 0 Å². The van der Waals surface area contributed by atoms with E-state index in [9.17, 15) is 13.2 Å². The maximum atomic E-state index is 12.6. The van der Waals surface area contributed by atoms with Crippen LogP contribution in [0.4, 0.5) is 0 Å². The molecule has 1 aliphatic carbocycles. The molecule has 0 aromatic heterocycles. The minimum atomic E-state index is -3.45. The minimum absolute atomic E-state index is 0.0577. The number of carbonyl (C=O) groups excluding carboxylic acids is 1. The van der Waals surface area contributed by atoms with Crippen molar-refractivity contribution in [2.24, 2.45) is 5.92 Å². The van der Waals surface area contributed by atoms with Crippen LogP contribution in [-0.4, -0.2) is 56.1 Å². The number of benzene rings is 1. The molecule has 0 unspecified atom stereocenters. The monoisotopic (exact) mass is 322 g/mol. The van der Waals surface area contributed by atoms with Crippen LogP contribution in [0.1, 0.15) is 30.1 Å². The van der Waals surface area contributed by atoms with Gasteiger partial charge < -0.3 is 4.90 Å². The summed E-state index contributed by atoms with van der Waals surface area (Å²) in [5, 5.41) is 0. The van der Waals surface area contributed by atoms with Gasteiger partial charge in [-0.2, -0.15) is 4.31 Å². The van der Waals surface area contributed by atoms with Gasteiger partial charge in [0.2, 0.25) is 10.0 Å². The first kappa shape index (κ1) is 15.6. The molecule has 5 nitrogen and oxygen atoms in total. The topological polar surface area (TPSA) is 57.7 Å². The van der Waals surface area contributed by atoms with Gasteiger partial charge in [-0.25, -0.2) is 8.42 Å². The highest BCUT2D eigenvalue weighted by Gasteiger charge is 2.31. The lowest BCUT2D eigenvalue weighted by Crippen LogP contribution is -2.49. The quantitative estimate of drug-likeness (QED) is 0.773. The summed E-state index contributed by atoms with van der Waals surface area (Å²) < 4.78 is 26.8. The summed E-state index contributed by atoms with van der Waals surface area (Å²) in [5.41, 5.74) is 0.535.